The van der Waals surface area contributed by atoms with Crippen LogP contribution in [-0.2, 0) is 16.9 Å². The van der Waals surface area contributed by atoms with Crippen LogP contribution in [0.1, 0.15) is 33.0 Å². The number of nitrogens with zero attached hydrogens (tertiary/aromatic N) is 3. The van der Waals surface area contributed by atoms with Crippen molar-refractivity contribution >= 4 is 5.91 Å². The van der Waals surface area contributed by atoms with E-state index in [0.29, 0.717) is 25.3 Å². The van der Waals surface area contributed by atoms with Gasteiger partial charge in [-0.25, -0.2) is 9.97 Å². The molecule has 0 unspecified atom stereocenters. The maximum absolute atomic E-state index is 12.8. The molecule has 124 valence electrons. The summed E-state index contributed by atoms with van der Waals surface area (Å²) in [5, 5.41) is 0. The van der Waals surface area contributed by atoms with Gasteiger partial charge in [0.05, 0.1) is 32.5 Å². The molecule has 2 aliphatic heterocycles. The van der Waals surface area contributed by atoms with Crippen molar-refractivity contribution in [2.75, 3.05) is 20.2 Å². The SMILES string of the molecule is COc1ccc(C(=O)N2CC3(C2)OCc2nc(C)ncc23)c(C)c1. The lowest BCUT2D eigenvalue weighted by atomic mass is 9.86. The van der Waals surface area contributed by atoms with Crippen LogP contribution in [-0.4, -0.2) is 41.0 Å². The molecule has 1 amide bonds. The van der Waals surface area contributed by atoms with E-state index < -0.39 is 5.60 Å². The van der Waals surface area contributed by atoms with Gasteiger partial charge in [-0.2, -0.15) is 0 Å². The topological polar surface area (TPSA) is 64.5 Å². The third kappa shape index (κ3) is 2.17. The Kier molecular flexibility index (Phi) is 3.31. The van der Waals surface area contributed by atoms with Crippen LogP contribution < -0.4 is 4.74 Å². The van der Waals surface area contributed by atoms with Crippen molar-refractivity contribution in [1.82, 2.24) is 14.9 Å². The molecule has 6 nitrogen and oxygen atoms in total. The molecule has 1 aromatic heterocycles. The number of likely N-dealkylation sites (tertiary alicyclic amines) is 1. The first-order chi connectivity index (χ1) is 11.5. The zero-order chi connectivity index (χ0) is 16.9. The number of carbonyl (C=O) groups excluding carboxylic acids is 1. The summed E-state index contributed by atoms with van der Waals surface area (Å²) in [4.78, 5) is 23.3. The van der Waals surface area contributed by atoms with Gasteiger partial charge < -0.3 is 14.4 Å². The summed E-state index contributed by atoms with van der Waals surface area (Å²) in [5.41, 5.74) is 3.13. The number of aromatic nitrogens is 2. The predicted molar refractivity (Wildman–Crippen MR) is 86.9 cm³/mol. The fourth-order valence-electron chi connectivity index (χ4n) is 3.44. The second kappa shape index (κ2) is 5.27. The van der Waals surface area contributed by atoms with Gasteiger partial charge in [0.1, 0.15) is 17.2 Å². The lowest BCUT2D eigenvalue weighted by Gasteiger charge is -2.47. The fourth-order valence-corrected chi connectivity index (χ4v) is 3.44. The van der Waals surface area contributed by atoms with Gasteiger partial charge in [-0.15, -0.1) is 0 Å². The number of ether oxygens (including phenoxy) is 2. The van der Waals surface area contributed by atoms with E-state index in [-0.39, 0.29) is 5.91 Å². The second-order valence-electron chi connectivity index (χ2n) is 6.40. The van der Waals surface area contributed by atoms with Crippen molar-refractivity contribution in [1.29, 1.82) is 0 Å². The molecule has 0 atom stereocenters. The van der Waals surface area contributed by atoms with Crippen LogP contribution in [0.4, 0.5) is 0 Å². The maximum atomic E-state index is 12.8. The molecule has 0 radical (unpaired) electrons. The van der Waals surface area contributed by atoms with E-state index in [4.69, 9.17) is 9.47 Å². The number of hydrogen-bond donors (Lipinski definition) is 0. The molecule has 0 N–H and O–H groups in total. The molecule has 2 aliphatic rings. The second-order valence-corrected chi connectivity index (χ2v) is 6.40. The summed E-state index contributed by atoms with van der Waals surface area (Å²) in [7, 11) is 1.62. The Morgan fingerprint density at radius 3 is 2.83 bits per heavy atom. The quantitative estimate of drug-likeness (QED) is 0.845. The molecule has 2 aromatic rings. The summed E-state index contributed by atoms with van der Waals surface area (Å²) in [6.45, 7) is 5.35. The van der Waals surface area contributed by atoms with E-state index in [1.54, 1.807) is 7.11 Å². The van der Waals surface area contributed by atoms with Crippen LogP contribution in [0.3, 0.4) is 0 Å². The minimum atomic E-state index is -0.431. The van der Waals surface area contributed by atoms with E-state index >= 15 is 0 Å². The van der Waals surface area contributed by atoms with Crippen LogP contribution in [0.15, 0.2) is 24.4 Å². The molecule has 0 aliphatic carbocycles. The third-order valence-electron chi connectivity index (χ3n) is 4.81. The molecule has 1 aromatic carbocycles. The van der Waals surface area contributed by atoms with Crippen LogP contribution in [0, 0.1) is 13.8 Å². The largest absolute Gasteiger partial charge is 0.497 e. The molecular weight excluding hydrogens is 306 g/mol. The van der Waals surface area contributed by atoms with Crippen LogP contribution in [0.5, 0.6) is 5.75 Å². The number of benzene rings is 1. The first-order valence-electron chi connectivity index (χ1n) is 7.93. The average Bonchev–Trinajstić information content (AvgIpc) is 2.91. The van der Waals surface area contributed by atoms with E-state index in [0.717, 1.165) is 28.4 Å². The van der Waals surface area contributed by atoms with E-state index in [1.165, 1.54) is 0 Å². The minimum Gasteiger partial charge on any atom is -0.497 e. The molecule has 3 heterocycles. The summed E-state index contributed by atoms with van der Waals surface area (Å²) >= 11 is 0. The van der Waals surface area contributed by atoms with Crippen LogP contribution in [0.25, 0.3) is 0 Å². The summed E-state index contributed by atoms with van der Waals surface area (Å²) in [6.07, 6.45) is 1.84. The number of carbonyl (C=O) groups is 1. The zero-order valence-electron chi connectivity index (χ0n) is 14.0. The summed E-state index contributed by atoms with van der Waals surface area (Å²) < 4.78 is 11.2. The maximum Gasteiger partial charge on any atom is 0.254 e. The number of aryl methyl sites for hydroxylation is 2. The van der Waals surface area contributed by atoms with E-state index in [1.807, 2.05) is 43.1 Å². The summed E-state index contributed by atoms with van der Waals surface area (Å²) in [5.74, 6) is 1.52. The Morgan fingerprint density at radius 1 is 1.33 bits per heavy atom. The van der Waals surface area contributed by atoms with Gasteiger partial charge in [-0.1, -0.05) is 0 Å². The van der Waals surface area contributed by atoms with Gasteiger partial charge in [-0.3, -0.25) is 4.79 Å². The monoisotopic (exact) mass is 325 g/mol. The lowest BCUT2D eigenvalue weighted by molar-refractivity contribution is -0.126. The van der Waals surface area contributed by atoms with Gasteiger partial charge in [0.2, 0.25) is 0 Å². The smallest absolute Gasteiger partial charge is 0.254 e. The Hall–Kier alpha value is -2.47. The Balaban J connectivity index is 1.53. The van der Waals surface area contributed by atoms with Crippen LogP contribution in [0.2, 0.25) is 0 Å². The Bertz CT molecular complexity index is 828. The molecule has 0 saturated carbocycles. The highest BCUT2D eigenvalue weighted by atomic mass is 16.5. The third-order valence-corrected chi connectivity index (χ3v) is 4.81. The number of amides is 1. The normalized spacial score (nSPS) is 17.5. The van der Waals surface area contributed by atoms with Gasteiger partial charge >= 0.3 is 0 Å². The number of rotatable bonds is 2. The molecule has 1 spiro atoms. The Labute approximate surface area is 140 Å². The molecule has 4 rings (SSSR count). The zero-order valence-corrected chi connectivity index (χ0v) is 14.0. The molecule has 1 fully saturated rings. The molecule has 24 heavy (non-hydrogen) atoms. The van der Waals surface area contributed by atoms with Crippen molar-refractivity contribution in [3.05, 3.63) is 52.6 Å². The summed E-state index contributed by atoms with van der Waals surface area (Å²) in [6, 6.07) is 5.51. The van der Waals surface area contributed by atoms with E-state index in [2.05, 4.69) is 9.97 Å². The van der Waals surface area contributed by atoms with Gasteiger partial charge in [0.15, 0.2) is 0 Å². The van der Waals surface area contributed by atoms with Crippen molar-refractivity contribution in [3.63, 3.8) is 0 Å². The van der Waals surface area contributed by atoms with Crippen molar-refractivity contribution in [3.8, 4) is 5.75 Å². The van der Waals surface area contributed by atoms with Crippen molar-refractivity contribution < 1.29 is 14.3 Å². The highest BCUT2D eigenvalue weighted by Gasteiger charge is 2.52. The van der Waals surface area contributed by atoms with Crippen molar-refractivity contribution in [2.45, 2.75) is 26.1 Å². The number of hydrogen-bond acceptors (Lipinski definition) is 5. The minimum absolute atomic E-state index is 0.0193. The van der Waals surface area contributed by atoms with Crippen LogP contribution >= 0.6 is 0 Å². The van der Waals surface area contributed by atoms with Gasteiger partial charge in [0.25, 0.3) is 5.91 Å². The van der Waals surface area contributed by atoms with Gasteiger partial charge in [0, 0.05) is 17.3 Å². The molecule has 6 heteroatoms. The average molecular weight is 325 g/mol. The first-order valence-corrected chi connectivity index (χ1v) is 7.93. The lowest BCUT2D eigenvalue weighted by Crippen LogP contribution is -2.61. The predicted octanol–water partition coefficient (Wildman–Crippen LogP) is 1.98. The highest BCUT2D eigenvalue weighted by Crippen LogP contribution is 2.43. The first kappa shape index (κ1) is 15.1. The fraction of sp³-hybridized carbons (Fsp3) is 0.389. The highest BCUT2D eigenvalue weighted by molar-refractivity contribution is 5.96. The molecular formula is C18H19N3O3. The molecule has 1 saturated heterocycles. The molecule has 0 bridgehead atoms. The van der Waals surface area contributed by atoms with Crippen molar-refractivity contribution in [2.24, 2.45) is 0 Å². The number of fused-ring (bicyclic) bond motifs is 2. The Morgan fingerprint density at radius 2 is 2.12 bits per heavy atom. The van der Waals surface area contributed by atoms with E-state index in [9.17, 15) is 4.79 Å². The standard InChI is InChI=1S/C18H19N3O3/c1-11-6-13(23-3)4-5-14(11)17(22)21-9-18(10-21)15-7-19-12(2)20-16(15)8-24-18/h4-7H,8-10H2,1-3H3. The van der Waals surface area contributed by atoms with Gasteiger partial charge in [-0.05, 0) is 37.6 Å². The number of methoxy groups -OCH3 is 1.